The molecule has 0 aromatic carbocycles. The van der Waals surface area contributed by atoms with Crippen LogP contribution in [-0.2, 0) is 14.9 Å². The molecule has 2 N–H and O–H groups in total. The SMILES string of the molecule is O=C(NCCS(=O)(=O)O)C(F)(F)F.[Cl-]. The van der Waals surface area contributed by atoms with E-state index in [0.717, 1.165) is 0 Å². The van der Waals surface area contributed by atoms with Crippen molar-refractivity contribution in [3.63, 3.8) is 0 Å². The normalized spacial score (nSPS) is 11.7. The zero-order valence-electron chi connectivity index (χ0n) is 6.51. The first-order chi connectivity index (χ1) is 5.63. The summed E-state index contributed by atoms with van der Waals surface area (Å²) >= 11 is 0. The highest BCUT2D eigenvalue weighted by atomic mass is 35.5. The summed E-state index contributed by atoms with van der Waals surface area (Å²) in [6, 6.07) is 0. The van der Waals surface area contributed by atoms with Crippen molar-refractivity contribution < 1.29 is 43.3 Å². The van der Waals surface area contributed by atoms with Crippen molar-refractivity contribution in [2.24, 2.45) is 0 Å². The molecular formula is C4H6ClF3NO4S-. The highest BCUT2D eigenvalue weighted by Gasteiger charge is 2.38. The summed E-state index contributed by atoms with van der Waals surface area (Å²) in [7, 11) is -4.35. The second-order valence-electron chi connectivity index (χ2n) is 2.04. The maximum atomic E-state index is 11.4. The Morgan fingerprint density at radius 3 is 2.07 bits per heavy atom. The number of hydrogen-bond donors (Lipinski definition) is 2. The lowest BCUT2D eigenvalue weighted by atomic mass is 10.5. The standard InChI is InChI=1S/C4H6F3NO4S.ClH/c5-4(6,7)3(9)8-1-2-13(10,11)12;/h1-2H2,(H,8,9)(H,10,11,12);1H/p-1. The number of halogens is 4. The molecule has 0 fully saturated rings. The molecule has 1 amide bonds. The lowest BCUT2D eigenvalue weighted by Crippen LogP contribution is -3.00. The van der Waals surface area contributed by atoms with Crippen LogP contribution in [-0.4, -0.2) is 37.4 Å². The van der Waals surface area contributed by atoms with Gasteiger partial charge in [-0.05, 0) is 0 Å². The van der Waals surface area contributed by atoms with Gasteiger partial charge in [0.1, 0.15) is 0 Å². The number of nitrogens with one attached hydrogen (secondary N) is 1. The van der Waals surface area contributed by atoms with E-state index in [-0.39, 0.29) is 12.4 Å². The van der Waals surface area contributed by atoms with Crippen molar-refractivity contribution in [2.45, 2.75) is 6.18 Å². The van der Waals surface area contributed by atoms with E-state index < -0.39 is 34.5 Å². The average molecular weight is 257 g/mol. The van der Waals surface area contributed by atoms with Crippen molar-refractivity contribution in [2.75, 3.05) is 12.3 Å². The molecule has 0 aliphatic carbocycles. The molecule has 0 bridgehead atoms. The first kappa shape index (κ1) is 15.9. The Bertz CT molecular complexity index is 287. The monoisotopic (exact) mass is 256 g/mol. The van der Waals surface area contributed by atoms with Gasteiger partial charge >= 0.3 is 12.1 Å². The minimum absolute atomic E-state index is 0. The van der Waals surface area contributed by atoms with Crippen molar-refractivity contribution in [1.82, 2.24) is 5.32 Å². The van der Waals surface area contributed by atoms with Gasteiger partial charge in [-0.15, -0.1) is 0 Å². The second kappa shape index (κ2) is 5.37. The molecule has 0 aromatic heterocycles. The lowest BCUT2D eigenvalue weighted by Gasteiger charge is -2.05. The van der Waals surface area contributed by atoms with Crippen LogP contribution in [0.15, 0.2) is 0 Å². The van der Waals surface area contributed by atoms with Gasteiger partial charge in [-0.3, -0.25) is 9.35 Å². The number of hydrogen-bond acceptors (Lipinski definition) is 3. The van der Waals surface area contributed by atoms with Crippen LogP contribution in [0.4, 0.5) is 13.2 Å². The van der Waals surface area contributed by atoms with Crippen LogP contribution in [0.2, 0.25) is 0 Å². The molecule has 0 unspecified atom stereocenters. The lowest BCUT2D eigenvalue weighted by molar-refractivity contribution is -0.173. The molecule has 14 heavy (non-hydrogen) atoms. The maximum absolute atomic E-state index is 11.4. The number of alkyl halides is 3. The summed E-state index contributed by atoms with van der Waals surface area (Å²) < 4.78 is 62.4. The number of carbonyl (C=O) groups excluding carboxylic acids is 1. The summed E-state index contributed by atoms with van der Waals surface area (Å²) in [6.07, 6.45) is -5.04. The van der Waals surface area contributed by atoms with Crippen LogP contribution in [0.3, 0.4) is 0 Å². The molecule has 0 radical (unpaired) electrons. The molecule has 86 valence electrons. The minimum Gasteiger partial charge on any atom is -1.00 e. The van der Waals surface area contributed by atoms with Crippen molar-refractivity contribution >= 4 is 16.0 Å². The third-order valence-electron chi connectivity index (χ3n) is 0.903. The molecule has 0 atom stereocenters. The minimum atomic E-state index is -5.04. The zero-order valence-corrected chi connectivity index (χ0v) is 8.08. The molecule has 0 aromatic rings. The van der Waals surface area contributed by atoms with E-state index in [2.05, 4.69) is 0 Å². The largest absolute Gasteiger partial charge is 1.00 e. The van der Waals surface area contributed by atoms with E-state index in [9.17, 15) is 26.4 Å². The summed E-state index contributed by atoms with van der Waals surface area (Å²) in [4.78, 5) is 10.0. The Kier molecular flexibility index (Phi) is 6.10. The summed E-state index contributed by atoms with van der Waals surface area (Å²) in [5.74, 6) is -3.19. The third-order valence-corrected chi connectivity index (χ3v) is 1.62. The van der Waals surface area contributed by atoms with Crippen LogP contribution in [0.5, 0.6) is 0 Å². The van der Waals surface area contributed by atoms with Crippen molar-refractivity contribution in [1.29, 1.82) is 0 Å². The molecule has 0 aliphatic heterocycles. The first-order valence-electron chi connectivity index (χ1n) is 2.93. The molecule has 10 heteroatoms. The molecule has 5 nitrogen and oxygen atoms in total. The zero-order chi connectivity index (χ0) is 10.7. The van der Waals surface area contributed by atoms with Gasteiger partial charge in [0, 0.05) is 6.54 Å². The van der Waals surface area contributed by atoms with Crippen LogP contribution in [0.1, 0.15) is 0 Å². The van der Waals surface area contributed by atoms with Gasteiger partial charge in [0.25, 0.3) is 10.1 Å². The van der Waals surface area contributed by atoms with Gasteiger partial charge in [-0.2, -0.15) is 21.6 Å². The smallest absolute Gasteiger partial charge is 0.471 e. The molecule has 0 saturated heterocycles. The molecule has 0 heterocycles. The van der Waals surface area contributed by atoms with Gasteiger partial charge in [-0.25, -0.2) is 0 Å². The van der Waals surface area contributed by atoms with E-state index >= 15 is 0 Å². The van der Waals surface area contributed by atoms with Crippen LogP contribution >= 0.6 is 0 Å². The molecule has 0 rings (SSSR count). The number of rotatable bonds is 3. The quantitative estimate of drug-likeness (QED) is 0.515. The first-order valence-corrected chi connectivity index (χ1v) is 4.54. The fourth-order valence-electron chi connectivity index (χ4n) is 0.394. The van der Waals surface area contributed by atoms with E-state index in [4.69, 9.17) is 4.55 Å². The summed E-state index contributed by atoms with van der Waals surface area (Å²) in [5.41, 5.74) is 0. The average Bonchev–Trinajstić information content (AvgIpc) is 1.82. The fraction of sp³-hybridized carbons (Fsp3) is 0.750. The number of carbonyl (C=O) groups is 1. The van der Waals surface area contributed by atoms with Crippen molar-refractivity contribution in [3.8, 4) is 0 Å². The van der Waals surface area contributed by atoms with Gasteiger partial charge in [0.05, 0.1) is 5.75 Å². The Hall–Kier alpha value is -0.540. The highest BCUT2D eigenvalue weighted by Crippen LogP contribution is 2.13. The van der Waals surface area contributed by atoms with Crippen LogP contribution in [0.25, 0.3) is 0 Å². The Balaban J connectivity index is 0. The number of amides is 1. The molecular weight excluding hydrogens is 251 g/mol. The van der Waals surface area contributed by atoms with E-state index in [1.54, 1.807) is 0 Å². The molecule has 0 aliphatic rings. The van der Waals surface area contributed by atoms with E-state index in [1.807, 2.05) is 0 Å². The Morgan fingerprint density at radius 2 is 1.79 bits per heavy atom. The van der Waals surface area contributed by atoms with Crippen molar-refractivity contribution in [3.05, 3.63) is 0 Å². The van der Waals surface area contributed by atoms with Gasteiger partial charge in [-0.1, -0.05) is 0 Å². The van der Waals surface area contributed by atoms with Gasteiger partial charge < -0.3 is 17.7 Å². The highest BCUT2D eigenvalue weighted by molar-refractivity contribution is 7.85. The predicted molar refractivity (Wildman–Crippen MR) is 35.5 cm³/mol. The molecule has 0 saturated carbocycles. The topological polar surface area (TPSA) is 83.5 Å². The van der Waals surface area contributed by atoms with Crippen LogP contribution < -0.4 is 17.7 Å². The maximum Gasteiger partial charge on any atom is 0.471 e. The van der Waals surface area contributed by atoms with Gasteiger partial charge in [0.15, 0.2) is 0 Å². The predicted octanol–water partition coefficient (Wildman–Crippen LogP) is -3.44. The van der Waals surface area contributed by atoms with E-state index in [1.165, 1.54) is 5.32 Å². The second-order valence-corrected chi connectivity index (χ2v) is 3.61. The van der Waals surface area contributed by atoms with E-state index in [0.29, 0.717) is 0 Å². The summed E-state index contributed by atoms with van der Waals surface area (Å²) in [5, 5.41) is 1.28. The van der Waals surface area contributed by atoms with Crippen LogP contribution in [0, 0.1) is 0 Å². The van der Waals surface area contributed by atoms with Gasteiger partial charge in [0.2, 0.25) is 0 Å². The fourth-order valence-corrected chi connectivity index (χ4v) is 0.754. The Labute approximate surface area is 83.8 Å². The summed E-state index contributed by atoms with van der Waals surface area (Å²) in [6.45, 7) is -0.781. The third kappa shape index (κ3) is 8.08. The molecule has 0 spiro atoms. The Morgan fingerprint density at radius 1 is 1.36 bits per heavy atom.